The van der Waals surface area contributed by atoms with Crippen LogP contribution in [-0.2, 0) is 0 Å². The standard InChI is InChI=1S/C16H17ClFNO/c1-11(14-7-2-3-8-15(14)17)19-10-16(20)12-5-4-6-13(18)9-12/h2-9,11,16,19-20H,10H2,1H3/t11-,16?/m0/s1. The normalized spacial score (nSPS) is 14.0. The third-order valence-electron chi connectivity index (χ3n) is 3.22. The summed E-state index contributed by atoms with van der Waals surface area (Å²) in [6.07, 6.45) is -0.754. The highest BCUT2D eigenvalue weighted by molar-refractivity contribution is 6.31. The molecule has 20 heavy (non-hydrogen) atoms. The van der Waals surface area contributed by atoms with E-state index >= 15 is 0 Å². The van der Waals surface area contributed by atoms with Gasteiger partial charge in [-0.25, -0.2) is 4.39 Å². The SMILES string of the molecule is C[C@H](NCC(O)c1cccc(F)c1)c1ccccc1Cl. The van der Waals surface area contributed by atoms with Crippen molar-refractivity contribution in [3.8, 4) is 0 Å². The fourth-order valence-corrected chi connectivity index (χ4v) is 2.36. The minimum absolute atomic E-state index is 0.00640. The number of rotatable bonds is 5. The molecule has 0 radical (unpaired) electrons. The molecular weight excluding hydrogens is 277 g/mol. The van der Waals surface area contributed by atoms with Crippen molar-refractivity contribution >= 4 is 11.6 Å². The molecule has 0 spiro atoms. The van der Waals surface area contributed by atoms with Gasteiger partial charge in [0.1, 0.15) is 5.82 Å². The molecule has 0 saturated carbocycles. The van der Waals surface area contributed by atoms with Gasteiger partial charge in [-0.05, 0) is 36.2 Å². The molecule has 106 valence electrons. The first-order valence-electron chi connectivity index (χ1n) is 6.49. The van der Waals surface area contributed by atoms with Crippen LogP contribution in [0.25, 0.3) is 0 Å². The van der Waals surface area contributed by atoms with Crippen LogP contribution in [0.5, 0.6) is 0 Å². The third-order valence-corrected chi connectivity index (χ3v) is 3.57. The number of aliphatic hydroxyl groups is 1. The van der Waals surface area contributed by atoms with E-state index in [9.17, 15) is 9.50 Å². The summed E-state index contributed by atoms with van der Waals surface area (Å²) in [5, 5.41) is 13.9. The lowest BCUT2D eigenvalue weighted by atomic mass is 10.1. The highest BCUT2D eigenvalue weighted by Crippen LogP contribution is 2.23. The van der Waals surface area contributed by atoms with Gasteiger partial charge < -0.3 is 10.4 Å². The molecule has 0 aromatic heterocycles. The number of halogens is 2. The Morgan fingerprint density at radius 3 is 2.65 bits per heavy atom. The van der Waals surface area contributed by atoms with E-state index in [1.54, 1.807) is 12.1 Å². The van der Waals surface area contributed by atoms with Gasteiger partial charge in [0.2, 0.25) is 0 Å². The number of hydrogen-bond donors (Lipinski definition) is 2. The zero-order valence-electron chi connectivity index (χ0n) is 11.2. The smallest absolute Gasteiger partial charge is 0.123 e. The molecule has 0 amide bonds. The highest BCUT2D eigenvalue weighted by atomic mass is 35.5. The van der Waals surface area contributed by atoms with Gasteiger partial charge in [-0.3, -0.25) is 0 Å². The molecule has 2 nitrogen and oxygen atoms in total. The van der Waals surface area contributed by atoms with E-state index in [0.717, 1.165) is 5.56 Å². The summed E-state index contributed by atoms with van der Waals surface area (Å²) in [5.74, 6) is -0.347. The van der Waals surface area contributed by atoms with E-state index < -0.39 is 6.10 Å². The molecule has 4 heteroatoms. The van der Waals surface area contributed by atoms with Crippen molar-refractivity contribution in [1.82, 2.24) is 5.32 Å². The molecule has 0 heterocycles. The Balaban J connectivity index is 1.97. The summed E-state index contributed by atoms with van der Waals surface area (Å²) < 4.78 is 13.1. The molecule has 0 aliphatic heterocycles. The van der Waals surface area contributed by atoms with Crippen molar-refractivity contribution in [3.63, 3.8) is 0 Å². The molecule has 2 atom stereocenters. The van der Waals surface area contributed by atoms with Crippen LogP contribution in [0, 0.1) is 5.82 Å². The topological polar surface area (TPSA) is 32.3 Å². The van der Waals surface area contributed by atoms with Crippen molar-refractivity contribution in [3.05, 3.63) is 70.5 Å². The van der Waals surface area contributed by atoms with Crippen LogP contribution >= 0.6 is 11.6 Å². The molecule has 1 unspecified atom stereocenters. The fraction of sp³-hybridized carbons (Fsp3) is 0.250. The van der Waals surface area contributed by atoms with Gasteiger partial charge in [-0.2, -0.15) is 0 Å². The maximum absolute atomic E-state index is 13.1. The van der Waals surface area contributed by atoms with Gasteiger partial charge in [-0.1, -0.05) is 41.9 Å². The van der Waals surface area contributed by atoms with Gasteiger partial charge >= 0.3 is 0 Å². The van der Waals surface area contributed by atoms with Gasteiger partial charge in [-0.15, -0.1) is 0 Å². The van der Waals surface area contributed by atoms with Gasteiger partial charge in [0, 0.05) is 17.6 Å². The van der Waals surface area contributed by atoms with Crippen LogP contribution < -0.4 is 5.32 Å². The van der Waals surface area contributed by atoms with Crippen molar-refractivity contribution in [2.24, 2.45) is 0 Å². The molecule has 2 N–H and O–H groups in total. The highest BCUT2D eigenvalue weighted by Gasteiger charge is 2.12. The summed E-state index contributed by atoms with van der Waals surface area (Å²) in [6.45, 7) is 2.30. The Kier molecular flexibility index (Phi) is 5.12. The van der Waals surface area contributed by atoms with Crippen LogP contribution in [0.4, 0.5) is 4.39 Å². The largest absolute Gasteiger partial charge is 0.387 e. The Hall–Kier alpha value is -1.42. The Bertz CT molecular complexity index is 576. The van der Waals surface area contributed by atoms with E-state index in [1.807, 2.05) is 31.2 Å². The van der Waals surface area contributed by atoms with Crippen molar-refractivity contribution < 1.29 is 9.50 Å². The van der Waals surface area contributed by atoms with E-state index in [0.29, 0.717) is 17.1 Å². The zero-order valence-corrected chi connectivity index (χ0v) is 11.9. The van der Waals surface area contributed by atoms with Crippen LogP contribution in [0.1, 0.15) is 30.2 Å². The van der Waals surface area contributed by atoms with Crippen LogP contribution in [0.2, 0.25) is 5.02 Å². The first-order chi connectivity index (χ1) is 9.58. The second kappa shape index (κ2) is 6.84. The first-order valence-corrected chi connectivity index (χ1v) is 6.87. The molecule has 2 aromatic carbocycles. The quantitative estimate of drug-likeness (QED) is 0.877. The lowest BCUT2D eigenvalue weighted by Crippen LogP contribution is -2.24. The van der Waals surface area contributed by atoms with Crippen LogP contribution in [-0.4, -0.2) is 11.7 Å². The summed E-state index contributed by atoms with van der Waals surface area (Å²) in [4.78, 5) is 0. The predicted molar refractivity (Wildman–Crippen MR) is 79.2 cm³/mol. The average molecular weight is 294 g/mol. The summed E-state index contributed by atoms with van der Waals surface area (Å²) in [6, 6.07) is 13.6. The first kappa shape index (κ1) is 15.0. The second-order valence-corrected chi connectivity index (χ2v) is 5.13. The summed E-state index contributed by atoms with van der Waals surface area (Å²) in [7, 11) is 0. The van der Waals surface area contributed by atoms with Gasteiger partial charge in [0.05, 0.1) is 6.10 Å². The summed E-state index contributed by atoms with van der Waals surface area (Å²) in [5.41, 5.74) is 1.53. The van der Waals surface area contributed by atoms with E-state index in [4.69, 9.17) is 11.6 Å². The molecule has 2 aromatic rings. The fourth-order valence-electron chi connectivity index (χ4n) is 2.06. The summed E-state index contributed by atoms with van der Waals surface area (Å²) >= 11 is 6.12. The average Bonchev–Trinajstić information content (AvgIpc) is 2.45. The maximum atomic E-state index is 13.1. The molecule has 0 saturated heterocycles. The second-order valence-electron chi connectivity index (χ2n) is 4.72. The Morgan fingerprint density at radius 1 is 1.20 bits per heavy atom. The van der Waals surface area contributed by atoms with Crippen molar-refractivity contribution in [1.29, 1.82) is 0 Å². The Morgan fingerprint density at radius 2 is 1.95 bits per heavy atom. The molecule has 0 fully saturated rings. The number of hydrogen-bond acceptors (Lipinski definition) is 2. The van der Waals surface area contributed by atoms with Crippen molar-refractivity contribution in [2.75, 3.05) is 6.54 Å². The molecular formula is C16H17ClFNO. The minimum Gasteiger partial charge on any atom is -0.387 e. The monoisotopic (exact) mass is 293 g/mol. The zero-order chi connectivity index (χ0) is 14.5. The number of nitrogens with one attached hydrogen (secondary N) is 1. The van der Waals surface area contributed by atoms with Gasteiger partial charge in [0.15, 0.2) is 0 Å². The van der Waals surface area contributed by atoms with Gasteiger partial charge in [0.25, 0.3) is 0 Å². The van der Waals surface area contributed by atoms with Crippen molar-refractivity contribution in [2.45, 2.75) is 19.1 Å². The van der Waals surface area contributed by atoms with E-state index in [1.165, 1.54) is 12.1 Å². The Labute approximate surface area is 123 Å². The minimum atomic E-state index is -0.754. The molecule has 0 aliphatic rings. The maximum Gasteiger partial charge on any atom is 0.123 e. The molecule has 0 bridgehead atoms. The van der Waals surface area contributed by atoms with E-state index in [2.05, 4.69) is 5.32 Å². The lowest BCUT2D eigenvalue weighted by molar-refractivity contribution is 0.170. The lowest BCUT2D eigenvalue weighted by Gasteiger charge is -2.18. The van der Waals surface area contributed by atoms with E-state index in [-0.39, 0.29) is 11.9 Å². The third kappa shape index (κ3) is 3.79. The molecule has 0 aliphatic carbocycles. The predicted octanol–water partition coefficient (Wildman–Crippen LogP) is 3.86. The number of aliphatic hydroxyl groups excluding tert-OH is 1. The number of benzene rings is 2. The van der Waals surface area contributed by atoms with Crippen LogP contribution in [0.3, 0.4) is 0 Å². The van der Waals surface area contributed by atoms with Crippen LogP contribution in [0.15, 0.2) is 48.5 Å². The molecule has 2 rings (SSSR count).